The molecule has 2 atom stereocenters. The molecule has 66 heavy (non-hydrogen) atoms. The molecule has 6 heteroatoms. The van der Waals surface area contributed by atoms with Crippen LogP contribution in [-0.4, -0.2) is 47.4 Å². The van der Waals surface area contributed by atoms with Crippen LogP contribution in [0.25, 0.3) is 0 Å². The lowest BCUT2D eigenvalue weighted by Gasteiger charge is -2.22. The molecule has 386 valence electrons. The number of unbranched alkanes of at least 4 members (excludes halogenated alkanes) is 34. The molecule has 0 saturated carbocycles. The minimum atomic E-state index is -0.670. The van der Waals surface area contributed by atoms with E-state index in [1.807, 2.05) is 0 Å². The highest BCUT2D eigenvalue weighted by molar-refractivity contribution is 5.76. The van der Waals surface area contributed by atoms with Gasteiger partial charge in [0.05, 0.1) is 25.4 Å². The standard InChI is InChI=1S/C60H111NO5/c1-3-5-7-9-11-13-15-16-17-28-31-34-38-42-46-50-54-60(65)66-55-51-47-43-39-35-32-29-26-24-22-20-18-19-21-23-25-27-30-33-37-41-45-49-53-59(64)61-57(56-62)58(63)52-48-44-40-36-14-12-10-8-6-4-2/h13,15,17-18,20-21,23,28,57-58,62-63H,3-12,14,16,19,22,24-27,29-56H2,1-2H3,(H,61,64)/b15-13-,20-18-,23-21-,28-17-. The van der Waals surface area contributed by atoms with Crippen LogP contribution in [0.2, 0.25) is 0 Å². The number of carbonyl (C=O) groups excluding carboxylic acids is 2. The first-order valence-electron chi connectivity index (χ1n) is 28.9. The lowest BCUT2D eigenvalue weighted by molar-refractivity contribution is -0.143. The molecule has 0 aromatic carbocycles. The fourth-order valence-electron chi connectivity index (χ4n) is 8.64. The van der Waals surface area contributed by atoms with Crippen LogP contribution in [0.5, 0.6) is 0 Å². The minimum Gasteiger partial charge on any atom is -0.466 e. The number of carbonyl (C=O) groups is 2. The summed E-state index contributed by atoms with van der Waals surface area (Å²) in [5.74, 6) is -0.0550. The van der Waals surface area contributed by atoms with Crippen LogP contribution in [0.15, 0.2) is 48.6 Å². The van der Waals surface area contributed by atoms with Crippen LogP contribution in [-0.2, 0) is 14.3 Å². The van der Waals surface area contributed by atoms with E-state index in [2.05, 4.69) is 67.8 Å². The Balaban J connectivity index is 3.44. The lowest BCUT2D eigenvalue weighted by atomic mass is 10.0. The molecular formula is C60H111NO5. The molecule has 0 spiro atoms. The fourth-order valence-corrected chi connectivity index (χ4v) is 8.64. The summed E-state index contributed by atoms with van der Waals surface area (Å²) in [4.78, 5) is 24.5. The number of aliphatic hydroxyl groups is 2. The maximum atomic E-state index is 12.4. The van der Waals surface area contributed by atoms with Crippen molar-refractivity contribution in [2.45, 2.75) is 309 Å². The first kappa shape index (κ1) is 63.8. The Morgan fingerprint density at radius 2 is 0.758 bits per heavy atom. The summed E-state index contributed by atoms with van der Waals surface area (Å²) in [7, 11) is 0. The first-order valence-corrected chi connectivity index (χ1v) is 28.9. The van der Waals surface area contributed by atoms with Crippen molar-refractivity contribution in [3.8, 4) is 0 Å². The average molecular weight is 927 g/mol. The van der Waals surface area contributed by atoms with Crippen molar-refractivity contribution in [2.75, 3.05) is 13.2 Å². The Bertz CT molecular complexity index is 1110. The van der Waals surface area contributed by atoms with Crippen LogP contribution in [0.3, 0.4) is 0 Å². The van der Waals surface area contributed by atoms with E-state index in [1.165, 1.54) is 193 Å². The van der Waals surface area contributed by atoms with Crippen LogP contribution in [0, 0.1) is 0 Å². The Hall–Kier alpha value is -2.18. The smallest absolute Gasteiger partial charge is 0.305 e. The van der Waals surface area contributed by atoms with Crippen molar-refractivity contribution in [1.29, 1.82) is 0 Å². The van der Waals surface area contributed by atoms with Gasteiger partial charge in [-0.15, -0.1) is 0 Å². The van der Waals surface area contributed by atoms with E-state index in [9.17, 15) is 19.8 Å². The molecule has 0 heterocycles. The highest BCUT2D eigenvalue weighted by atomic mass is 16.5. The van der Waals surface area contributed by atoms with Gasteiger partial charge >= 0.3 is 5.97 Å². The number of ether oxygens (including phenoxy) is 1. The number of allylic oxidation sites excluding steroid dienone is 8. The Kier molecular flexibility index (Phi) is 53.6. The minimum absolute atomic E-state index is 0.00705. The van der Waals surface area contributed by atoms with E-state index < -0.39 is 12.1 Å². The summed E-state index contributed by atoms with van der Waals surface area (Å²) in [6.45, 7) is 4.90. The second-order valence-corrected chi connectivity index (χ2v) is 19.6. The molecule has 0 aromatic rings. The molecule has 2 unspecified atom stereocenters. The molecule has 0 bridgehead atoms. The van der Waals surface area contributed by atoms with Crippen molar-refractivity contribution < 1.29 is 24.5 Å². The molecule has 0 aliphatic carbocycles. The number of hydrogen-bond acceptors (Lipinski definition) is 5. The normalized spacial score (nSPS) is 13.0. The van der Waals surface area contributed by atoms with E-state index in [1.54, 1.807) is 0 Å². The van der Waals surface area contributed by atoms with Gasteiger partial charge in [-0.3, -0.25) is 9.59 Å². The predicted molar refractivity (Wildman–Crippen MR) is 287 cm³/mol. The van der Waals surface area contributed by atoms with Gasteiger partial charge in [-0.1, -0.05) is 242 Å². The van der Waals surface area contributed by atoms with Gasteiger partial charge in [-0.25, -0.2) is 0 Å². The topological polar surface area (TPSA) is 95.9 Å². The predicted octanol–water partition coefficient (Wildman–Crippen LogP) is 17.8. The van der Waals surface area contributed by atoms with Gasteiger partial charge in [0, 0.05) is 12.8 Å². The lowest BCUT2D eigenvalue weighted by Crippen LogP contribution is -2.45. The van der Waals surface area contributed by atoms with Crippen molar-refractivity contribution in [3.63, 3.8) is 0 Å². The van der Waals surface area contributed by atoms with Crippen LogP contribution in [0.4, 0.5) is 0 Å². The van der Waals surface area contributed by atoms with Crippen molar-refractivity contribution in [3.05, 3.63) is 48.6 Å². The van der Waals surface area contributed by atoms with E-state index in [0.29, 0.717) is 25.9 Å². The highest BCUT2D eigenvalue weighted by Gasteiger charge is 2.20. The molecule has 0 aliphatic heterocycles. The average Bonchev–Trinajstić information content (AvgIpc) is 3.32. The van der Waals surface area contributed by atoms with Gasteiger partial charge in [0.25, 0.3) is 0 Å². The first-order chi connectivity index (χ1) is 32.5. The van der Waals surface area contributed by atoms with Gasteiger partial charge in [-0.05, 0) is 89.9 Å². The molecule has 6 nitrogen and oxygen atoms in total. The van der Waals surface area contributed by atoms with Gasteiger partial charge in [-0.2, -0.15) is 0 Å². The molecule has 0 fully saturated rings. The molecule has 0 rings (SSSR count). The zero-order chi connectivity index (χ0) is 47.9. The zero-order valence-corrected chi connectivity index (χ0v) is 43.9. The van der Waals surface area contributed by atoms with E-state index in [-0.39, 0.29) is 18.5 Å². The van der Waals surface area contributed by atoms with Gasteiger partial charge in [0.15, 0.2) is 0 Å². The number of nitrogens with one attached hydrogen (secondary N) is 1. The molecule has 3 N–H and O–H groups in total. The Labute approximate surface area is 410 Å². The van der Waals surface area contributed by atoms with Gasteiger partial charge in [0.1, 0.15) is 0 Å². The van der Waals surface area contributed by atoms with E-state index >= 15 is 0 Å². The number of amides is 1. The second kappa shape index (κ2) is 55.4. The Morgan fingerprint density at radius 1 is 0.424 bits per heavy atom. The van der Waals surface area contributed by atoms with E-state index in [4.69, 9.17) is 4.74 Å². The maximum Gasteiger partial charge on any atom is 0.305 e. The maximum absolute atomic E-state index is 12.4. The molecule has 1 amide bonds. The van der Waals surface area contributed by atoms with Crippen molar-refractivity contribution >= 4 is 11.9 Å². The fraction of sp³-hybridized carbons (Fsp3) is 0.833. The number of esters is 1. The third kappa shape index (κ3) is 51.2. The van der Waals surface area contributed by atoms with E-state index in [0.717, 1.165) is 70.6 Å². The summed E-state index contributed by atoms with van der Waals surface area (Å²) in [6.07, 6.45) is 69.7. The molecule has 0 saturated heterocycles. The third-order valence-corrected chi connectivity index (χ3v) is 13.1. The van der Waals surface area contributed by atoms with Crippen LogP contribution in [0.1, 0.15) is 296 Å². The second-order valence-electron chi connectivity index (χ2n) is 19.6. The molecule has 0 radical (unpaired) electrons. The summed E-state index contributed by atoms with van der Waals surface area (Å²) in [5, 5.41) is 23.1. The van der Waals surface area contributed by atoms with Gasteiger partial charge in [0.2, 0.25) is 5.91 Å². The zero-order valence-electron chi connectivity index (χ0n) is 43.9. The molecule has 0 aliphatic rings. The summed E-state index contributed by atoms with van der Waals surface area (Å²) in [5.41, 5.74) is 0. The van der Waals surface area contributed by atoms with Crippen molar-refractivity contribution in [1.82, 2.24) is 5.32 Å². The summed E-state index contributed by atoms with van der Waals surface area (Å²) < 4.78 is 5.47. The highest BCUT2D eigenvalue weighted by Crippen LogP contribution is 2.16. The summed E-state index contributed by atoms with van der Waals surface area (Å²) in [6, 6.07) is -0.548. The largest absolute Gasteiger partial charge is 0.466 e. The quantitative estimate of drug-likeness (QED) is 0.0321. The van der Waals surface area contributed by atoms with Crippen molar-refractivity contribution in [2.24, 2.45) is 0 Å². The number of aliphatic hydroxyl groups excluding tert-OH is 2. The monoisotopic (exact) mass is 926 g/mol. The van der Waals surface area contributed by atoms with Crippen LogP contribution < -0.4 is 5.32 Å². The number of hydrogen-bond donors (Lipinski definition) is 3. The van der Waals surface area contributed by atoms with Gasteiger partial charge < -0.3 is 20.3 Å². The number of rotatable bonds is 53. The SMILES string of the molecule is CCCCCC/C=C\C/C=C\CCCCCCCC(=O)OCCCCCCCCCCC/C=C\C/C=C\CCCCCCCCCC(=O)NC(CO)C(O)CCCCCCCCCCCC. The third-order valence-electron chi connectivity index (χ3n) is 13.1. The molecule has 0 aromatic heterocycles. The molecular weight excluding hydrogens is 815 g/mol. The van der Waals surface area contributed by atoms with Crippen LogP contribution >= 0.6 is 0 Å². The summed E-state index contributed by atoms with van der Waals surface area (Å²) >= 11 is 0. The Morgan fingerprint density at radius 3 is 1.17 bits per heavy atom.